The smallest absolute Gasteiger partial charge is 0.271 e. The quantitative estimate of drug-likeness (QED) is 0.642. The number of anilines is 1. The van der Waals surface area contributed by atoms with Crippen molar-refractivity contribution in [2.45, 2.75) is 19.9 Å². The predicted octanol–water partition coefficient (Wildman–Crippen LogP) is 4.84. The van der Waals surface area contributed by atoms with Crippen molar-refractivity contribution in [3.63, 3.8) is 0 Å². The fourth-order valence-corrected chi connectivity index (χ4v) is 2.27. The molecule has 2 aromatic rings. The van der Waals surface area contributed by atoms with Gasteiger partial charge in [0.15, 0.2) is 0 Å². The molecule has 0 bridgehead atoms. The number of nitro benzene ring substituents is 1. The van der Waals surface area contributed by atoms with E-state index in [1.807, 2.05) is 13.8 Å². The fourth-order valence-electron chi connectivity index (χ4n) is 1.91. The molecule has 0 aliphatic rings. The zero-order valence-corrected chi connectivity index (χ0v) is 12.8. The van der Waals surface area contributed by atoms with Gasteiger partial charge in [0, 0.05) is 22.6 Å². The molecule has 5 heteroatoms. The minimum absolute atomic E-state index is 0.0638. The first-order valence-electron chi connectivity index (χ1n) is 6.24. The molecule has 0 fully saturated rings. The summed E-state index contributed by atoms with van der Waals surface area (Å²) in [6.45, 7) is 4.06. The van der Waals surface area contributed by atoms with Crippen LogP contribution in [0.1, 0.15) is 24.1 Å². The van der Waals surface area contributed by atoms with E-state index in [0.717, 1.165) is 10.0 Å². The van der Waals surface area contributed by atoms with E-state index < -0.39 is 4.92 Å². The lowest BCUT2D eigenvalue weighted by atomic mass is 10.1. The van der Waals surface area contributed by atoms with Gasteiger partial charge in [-0.1, -0.05) is 29.8 Å². The zero-order valence-electron chi connectivity index (χ0n) is 11.3. The summed E-state index contributed by atoms with van der Waals surface area (Å²) in [5, 5.41) is 14.1. The molecule has 2 aromatic carbocycles. The summed E-state index contributed by atoms with van der Waals surface area (Å²) in [6.07, 6.45) is 0. The number of nitro groups is 1. The molecule has 0 saturated carbocycles. The first-order chi connectivity index (χ1) is 9.47. The summed E-state index contributed by atoms with van der Waals surface area (Å²) < 4.78 is 0.807. The number of non-ortho nitro benzene ring substituents is 1. The van der Waals surface area contributed by atoms with Crippen molar-refractivity contribution < 1.29 is 4.92 Å². The van der Waals surface area contributed by atoms with Crippen LogP contribution in [0.15, 0.2) is 46.9 Å². The Morgan fingerprint density at radius 2 is 1.85 bits per heavy atom. The number of hydrogen-bond acceptors (Lipinski definition) is 3. The Kier molecular flexibility index (Phi) is 4.39. The van der Waals surface area contributed by atoms with Crippen molar-refractivity contribution in [3.8, 4) is 0 Å². The maximum atomic E-state index is 10.8. The number of nitrogens with one attached hydrogen (secondary N) is 1. The van der Waals surface area contributed by atoms with Gasteiger partial charge in [-0.25, -0.2) is 0 Å². The Labute approximate surface area is 126 Å². The van der Waals surface area contributed by atoms with Gasteiger partial charge >= 0.3 is 0 Å². The summed E-state index contributed by atoms with van der Waals surface area (Å²) in [4.78, 5) is 10.4. The molecule has 0 saturated heterocycles. The summed E-state index contributed by atoms with van der Waals surface area (Å²) in [5.41, 5.74) is 3.13. The highest BCUT2D eigenvalue weighted by Gasteiger charge is 2.12. The summed E-state index contributed by atoms with van der Waals surface area (Å²) in [5.74, 6) is 0. The highest BCUT2D eigenvalue weighted by atomic mass is 79.9. The largest absolute Gasteiger partial charge is 0.377 e. The molecular formula is C15H15BrN2O2. The van der Waals surface area contributed by atoms with E-state index in [-0.39, 0.29) is 11.7 Å². The van der Waals surface area contributed by atoms with E-state index in [2.05, 4.69) is 45.5 Å². The van der Waals surface area contributed by atoms with Gasteiger partial charge in [0.2, 0.25) is 0 Å². The van der Waals surface area contributed by atoms with E-state index in [9.17, 15) is 10.1 Å². The van der Waals surface area contributed by atoms with Gasteiger partial charge in [-0.05, 0) is 41.4 Å². The van der Waals surface area contributed by atoms with Crippen LogP contribution in [-0.4, -0.2) is 4.92 Å². The van der Waals surface area contributed by atoms with Crippen LogP contribution >= 0.6 is 15.9 Å². The van der Waals surface area contributed by atoms with Crippen molar-refractivity contribution in [2.75, 3.05) is 5.32 Å². The van der Waals surface area contributed by atoms with Crippen molar-refractivity contribution in [2.24, 2.45) is 0 Å². The van der Waals surface area contributed by atoms with Crippen molar-refractivity contribution in [3.05, 3.63) is 68.2 Å². The number of hydrogen-bond donors (Lipinski definition) is 1. The third-order valence-corrected chi connectivity index (χ3v) is 3.80. The monoisotopic (exact) mass is 334 g/mol. The fraction of sp³-hybridized carbons (Fsp3) is 0.200. The number of benzene rings is 2. The lowest BCUT2D eigenvalue weighted by Crippen LogP contribution is -2.07. The molecular weight excluding hydrogens is 320 g/mol. The number of aryl methyl sites for hydroxylation is 1. The number of rotatable bonds is 4. The third kappa shape index (κ3) is 3.36. The minimum atomic E-state index is -0.395. The Morgan fingerprint density at radius 3 is 2.45 bits per heavy atom. The summed E-state index contributed by atoms with van der Waals surface area (Å²) in [6, 6.07) is 13.0. The second-order valence-corrected chi connectivity index (χ2v) is 5.55. The molecule has 2 rings (SSSR count). The maximum absolute atomic E-state index is 10.8. The van der Waals surface area contributed by atoms with Crippen LogP contribution in [-0.2, 0) is 0 Å². The van der Waals surface area contributed by atoms with Gasteiger partial charge in [0.05, 0.1) is 10.6 Å². The molecule has 4 nitrogen and oxygen atoms in total. The molecule has 0 spiro atoms. The molecule has 1 atom stereocenters. The molecule has 0 heterocycles. The van der Waals surface area contributed by atoms with Crippen LogP contribution in [0.5, 0.6) is 0 Å². The molecule has 0 aromatic heterocycles. The molecule has 0 aliphatic heterocycles. The van der Waals surface area contributed by atoms with Crippen LogP contribution in [0.4, 0.5) is 11.4 Å². The minimum Gasteiger partial charge on any atom is -0.377 e. The van der Waals surface area contributed by atoms with Gasteiger partial charge in [-0.15, -0.1) is 0 Å². The van der Waals surface area contributed by atoms with Gasteiger partial charge in [-0.2, -0.15) is 0 Å². The highest BCUT2D eigenvalue weighted by molar-refractivity contribution is 9.10. The van der Waals surface area contributed by atoms with Crippen LogP contribution in [0.3, 0.4) is 0 Å². The van der Waals surface area contributed by atoms with Gasteiger partial charge in [0.25, 0.3) is 5.69 Å². The number of halogens is 1. The van der Waals surface area contributed by atoms with E-state index in [0.29, 0.717) is 5.69 Å². The van der Waals surface area contributed by atoms with E-state index in [4.69, 9.17) is 0 Å². The lowest BCUT2D eigenvalue weighted by Gasteiger charge is -2.17. The summed E-state index contributed by atoms with van der Waals surface area (Å²) >= 11 is 3.41. The molecule has 0 radical (unpaired) electrons. The SMILES string of the molecule is Cc1ccc(C(C)Nc2cc([N+](=O)[O-])ccc2Br)cc1. The van der Waals surface area contributed by atoms with Crippen molar-refractivity contribution in [1.29, 1.82) is 0 Å². The lowest BCUT2D eigenvalue weighted by molar-refractivity contribution is -0.384. The Hall–Kier alpha value is -1.88. The standard InChI is InChI=1S/C15H15BrN2O2/c1-10-3-5-12(6-4-10)11(2)17-15-9-13(18(19)20)7-8-14(15)16/h3-9,11,17H,1-2H3. The molecule has 0 aliphatic carbocycles. The average molecular weight is 335 g/mol. The Balaban J connectivity index is 2.22. The van der Waals surface area contributed by atoms with Gasteiger partial charge < -0.3 is 5.32 Å². The topological polar surface area (TPSA) is 55.2 Å². The molecule has 1 N–H and O–H groups in total. The van der Waals surface area contributed by atoms with E-state index >= 15 is 0 Å². The summed E-state index contributed by atoms with van der Waals surface area (Å²) in [7, 11) is 0. The normalized spacial score (nSPS) is 11.9. The van der Waals surface area contributed by atoms with E-state index in [1.165, 1.54) is 17.7 Å². The Bertz CT molecular complexity index is 626. The first-order valence-corrected chi connectivity index (χ1v) is 7.03. The highest BCUT2D eigenvalue weighted by Crippen LogP contribution is 2.30. The van der Waals surface area contributed by atoms with Crippen molar-refractivity contribution in [1.82, 2.24) is 0 Å². The van der Waals surface area contributed by atoms with Crippen LogP contribution < -0.4 is 5.32 Å². The first kappa shape index (κ1) is 14.5. The second-order valence-electron chi connectivity index (χ2n) is 4.70. The van der Waals surface area contributed by atoms with Gasteiger partial charge in [0.1, 0.15) is 0 Å². The van der Waals surface area contributed by atoms with Crippen LogP contribution in [0, 0.1) is 17.0 Å². The number of nitrogens with zero attached hydrogens (tertiary/aromatic N) is 1. The van der Waals surface area contributed by atoms with E-state index in [1.54, 1.807) is 6.07 Å². The maximum Gasteiger partial charge on any atom is 0.271 e. The molecule has 0 amide bonds. The third-order valence-electron chi connectivity index (χ3n) is 3.11. The molecule has 104 valence electrons. The second kappa shape index (κ2) is 6.05. The average Bonchev–Trinajstić information content (AvgIpc) is 2.41. The molecule has 20 heavy (non-hydrogen) atoms. The van der Waals surface area contributed by atoms with Crippen LogP contribution in [0.25, 0.3) is 0 Å². The van der Waals surface area contributed by atoms with Crippen molar-refractivity contribution >= 4 is 27.3 Å². The Morgan fingerprint density at radius 1 is 1.20 bits per heavy atom. The van der Waals surface area contributed by atoms with Crippen LogP contribution in [0.2, 0.25) is 0 Å². The predicted molar refractivity (Wildman–Crippen MR) is 84.0 cm³/mol. The zero-order chi connectivity index (χ0) is 14.7. The van der Waals surface area contributed by atoms with Gasteiger partial charge in [-0.3, -0.25) is 10.1 Å². The molecule has 1 unspecified atom stereocenters.